The van der Waals surface area contributed by atoms with Crippen LogP contribution >= 0.6 is 24.0 Å². The molecule has 0 radical (unpaired) electrons. The van der Waals surface area contributed by atoms with Crippen molar-refractivity contribution in [3.8, 4) is 11.5 Å². The highest BCUT2D eigenvalue weighted by atomic mass is 127. The number of hydrogen-bond donors (Lipinski definition) is 4. The van der Waals surface area contributed by atoms with E-state index in [2.05, 4.69) is 25.7 Å². The highest BCUT2D eigenvalue weighted by Crippen LogP contribution is 2.19. The molecule has 31 heavy (non-hydrogen) atoms. The maximum Gasteiger partial charge on any atom is 0.422 e. The van der Waals surface area contributed by atoms with E-state index in [1.807, 2.05) is 6.92 Å². The highest BCUT2D eigenvalue weighted by molar-refractivity contribution is 14.0. The number of anilines is 1. The summed E-state index contributed by atoms with van der Waals surface area (Å²) >= 11 is 0. The Hall–Kier alpha value is -2.70. The molecule has 0 spiro atoms. The monoisotopic (exact) mass is 552 g/mol. The molecule has 0 unspecified atom stereocenters. The van der Waals surface area contributed by atoms with Crippen LogP contribution in [0.4, 0.5) is 18.9 Å². The number of aromatic hydroxyl groups is 1. The van der Waals surface area contributed by atoms with Crippen LogP contribution in [0.25, 0.3) is 0 Å². The lowest BCUT2D eigenvalue weighted by Crippen LogP contribution is -2.41. The summed E-state index contributed by atoms with van der Waals surface area (Å²) in [6.07, 6.45) is -4.38. The van der Waals surface area contributed by atoms with Gasteiger partial charge in [0.25, 0.3) is 0 Å². The van der Waals surface area contributed by atoms with E-state index in [9.17, 15) is 23.1 Å². The first-order valence-electron chi connectivity index (χ1n) is 9.14. The smallest absolute Gasteiger partial charge is 0.422 e. The number of carbonyl (C=O) groups is 1. The minimum atomic E-state index is -4.38. The van der Waals surface area contributed by atoms with E-state index in [1.165, 1.54) is 24.3 Å². The first kappa shape index (κ1) is 26.3. The number of phenols is 1. The minimum absolute atomic E-state index is 0. The quantitative estimate of drug-likeness (QED) is 0.174. The molecule has 0 aromatic heterocycles. The SMILES string of the molecule is CCNC(=NCc1ccc(OCC(F)(F)F)cc1)NCC(=O)Nc1ccc(O)cc1.I. The summed E-state index contributed by atoms with van der Waals surface area (Å²) in [5.74, 6) is 0.344. The topological polar surface area (TPSA) is 95.0 Å². The molecule has 4 N–H and O–H groups in total. The van der Waals surface area contributed by atoms with Crippen LogP contribution in [0.1, 0.15) is 12.5 Å². The number of halogens is 4. The molecule has 11 heteroatoms. The molecular formula is C20H24F3IN4O3. The van der Waals surface area contributed by atoms with E-state index in [4.69, 9.17) is 0 Å². The largest absolute Gasteiger partial charge is 0.508 e. The minimum Gasteiger partial charge on any atom is -0.508 e. The molecule has 1 amide bonds. The van der Waals surface area contributed by atoms with Crippen molar-refractivity contribution in [3.63, 3.8) is 0 Å². The molecule has 0 saturated heterocycles. The van der Waals surface area contributed by atoms with E-state index in [-0.39, 0.29) is 54.5 Å². The number of alkyl halides is 3. The van der Waals surface area contributed by atoms with Gasteiger partial charge in [0.05, 0.1) is 13.1 Å². The van der Waals surface area contributed by atoms with Gasteiger partial charge in [0, 0.05) is 12.2 Å². The zero-order valence-electron chi connectivity index (χ0n) is 16.7. The Kier molecular flexibility index (Phi) is 10.9. The van der Waals surface area contributed by atoms with Gasteiger partial charge in [-0.05, 0) is 48.9 Å². The number of aliphatic imine (C=N–C) groups is 1. The van der Waals surface area contributed by atoms with E-state index in [0.29, 0.717) is 18.2 Å². The second-order valence-electron chi connectivity index (χ2n) is 6.19. The second-order valence-corrected chi connectivity index (χ2v) is 6.19. The third-order valence-corrected chi connectivity index (χ3v) is 3.66. The Morgan fingerprint density at radius 2 is 1.71 bits per heavy atom. The number of carbonyl (C=O) groups excluding carboxylic acids is 1. The van der Waals surface area contributed by atoms with Gasteiger partial charge in [-0.1, -0.05) is 12.1 Å². The average Bonchev–Trinajstić information content (AvgIpc) is 2.70. The van der Waals surface area contributed by atoms with Crippen LogP contribution < -0.4 is 20.7 Å². The van der Waals surface area contributed by atoms with Crippen molar-refractivity contribution >= 4 is 41.5 Å². The van der Waals surface area contributed by atoms with Gasteiger partial charge in [0.1, 0.15) is 11.5 Å². The molecule has 2 aromatic rings. The number of amides is 1. The molecule has 2 rings (SSSR count). The van der Waals surface area contributed by atoms with Crippen molar-refractivity contribution < 1.29 is 27.8 Å². The number of nitrogens with one attached hydrogen (secondary N) is 3. The van der Waals surface area contributed by atoms with E-state index < -0.39 is 12.8 Å². The van der Waals surface area contributed by atoms with Crippen molar-refractivity contribution in [1.82, 2.24) is 10.6 Å². The number of guanidine groups is 1. The van der Waals surface area contributed by atoms with E-state index in [0.717, 1.165) is 5.56 Å². The molecule has 7 nitrogen and oxygen atoms in total. The summed E-state index contributed by atoms with van der Waals surface area (Å²) in [5.41, 5.74) is 1.31. The maximum atomic E-state index is 12.2. The molecule has 0 aliphatic heterocycles. The number of benzene rings is 2. The van der Waals surface area contributed by atoms with Crippen LogP contribution in [-0.4, -0.2) is 42.8 Å². The molecule has 0 atom stereocenters. The van der Waals surface area contributed by atoms with Crippen LogP contribution in [0.15, 0.2) is 53.5 Å². The normalized spacial score (nSPS) is 11.3. The number of phenolic OH excluding ortho intramolecular Hbond substituents is 1. The zero-order chi connectivity index (χ0) is 22.0. The van der Waals surface area contributed by atoms with Crippen LogP contribution in [0.2, 0.25) is 0 Å². The summed E-state index contributed by atoms with van der Waals surface area (Å²) in [4.78, 5) is 16.4. The Bertz CT molecular complexity index is 844. The molecule has 0 aliphatic carbocycles. The second kappa shape index (κ2) is 12.9. The van der Waals surface area contributed by atoms with Gasteiger partial charge < -0.3 is 25.8 Å². The predicted molar refractivity (Wildman–Crippen MR) is 123 cm³/mol. The molecule has 0 aliphatic rings. The van der Waals surface area contributed by atoms with Crippen LogP contribution in [0, 0.1) is 0 Å². The number of hydrogen-bond acceptors (Lipinski definition) is 4. The van der Waals surface area contributed by atoms with Crippen molar-refractivity contribution in [2.75, 3.05) is 25.0 Å². The molecule has 2 aromatic carbocycles. The van der Waals surface area contributed by atoms with Gasteiger partial charge in [0.2, 0.25) is 5.91 Å². The van der Waals surface area contributed by atoms with Crippen LogP contribution in [-0.2, 0) is 11.3 Å². The lowest BCUT2D eigenvalue weighted by molar-refractivity contribution is -0.153. The van der Waals surface area contributed by atoms with Crippen molar-refractivity contribution in [2.45, 2.75) is 19.6 Å². The fourth-order valence-corrected chi connectivity index (χ4v) is 2.28. The summed E-state index contributed by atoms with van der Waals surface area (Å²) in [7, 11) is 0. The van der Waals surface area contributed by atoms with Crippen molar-refractivity contribution in [1.29, 1.82) is 0 Å². The van der Waals surface area contributed by atoms with Gasteiger partial charge in [-0.2, -0.15) is 13.2 Å². The fraction of sp³-hybridized carbons (Fsp3) is 0.300. The Morgan fingerprint density at radius 1 is 1.06 bits per heavy atom. The molecule has 0 heterocycles. The van der Waals surface area contributed by atoms with Gasteiger partial charge in [-0.25, -0.2) is 4.99 Å². The Morgan fingerprint density at radius 3 is 2.29 bits per heavy atom. The number of rotatable bonds is 8. The first-order chi connectivity index (χ1) is 14.2. The third-order valence-electron chi connectivity index (χ3n) is 3.66. The molecule has 170 valence electrons. The molecule has 0 bridgehead atoms. The standard InChI is InChI=1S/C20H23F3N4O3.HI/c1-2-24-19(26-12-18(29)27-15-5-7-16(28)8-6-15)25-11-14-3-9-17(10-4-14)30-13-20(21,22)23;/h3-10,28H,2,11-13H2,1H3,(H,27,29)(H2,24,25,26);1H. The third kappa shape index (κ3) is 10.8. The molecule has 0 fully saturated rings. The number of nitrogens with zero attached hydrogens (tertiary/aromatic N) is 1. The first-order valence-corrected chi connectivity index (χ1v) is 9.14. The van der Waals surface area contributed by atoms with Gasteiger partial charge >= 0.3 is 6.18 Å². The van der Waals surface area contributed by atoms with Crippen LogP contribution in [0.5, 0.6) is 11.5 Å². The Labute approximate surface area is 195 Å². The van der Waals surface area contributed by atoms with Gasteiger partial charge in [-0.15, -0.1) is 24.0 Å². The fourth-order valence-electron chi connectivity index (χ4n) is 2.28. The summed E-state index contributed by atoms with van der Waals surface area (Å²) in [5, 5.41) is 17.8. The highest BCUT2D eigenvalue weighted by Gasteiger charge is 2.28. The Balaban J connectivity index is 0.00000480. The lowest BCUT2D eigenvalue weighted by Gasteiger charge is -2.12. The molecular weight excluding hydrogens is 528 g/mol. The zero-order valence-corrected chi connectivity index (χ0v) is 19.0. The van der Waals surface area contributed by atoms with Crippen molar-refractivity contribution in [2.24, 2.45) is 4.99 Å². The van der Waals surface area contributed by atoms with E-state index >= 15 is 0 Å². The van der Waals surface area contributed by atoms with Gasteiger partial charge in [-0.3, -0.25) is 4.79 Å². The predicted octanol–water partition coefficient (Wildman–Crippen LogP) is 3.65. The number of ether oxygens (including phenoxy) is 1. The maximum absolute atomic E-state index is 12.2. The van der Waals surface area contributed by atoms with Gasteiger partial charge in [0.15, 0.2) is 12.6 Å². The van der Waals surface area contributed by atoms with Crippen molar-refractivity contribution in [3.05, 3.63) is 54.1 Å². The summed E-state index contributed by atoms with van der Waals surface area (Å²) in [6.45, 7) is 1.34. The lowest BCUT2D eigenvalue weighted by atomic mass is 10.2. The average molecular weight is 552 g/mol. The molecule has 0 saturated carbocycles. The van der Waals surface area contributed by atoms with Crippen LogP contribution in [0.3, 0.4) is 0 Å². The summed E-state index contributed by atoms with van der Waals surface area (Å²) in [6, 6.07) is 12.2. The summed E-state index contributed by atoms with van der Waals surface area (Å²) < 4.78 is 41.2. The van der Waals surface area contributed by atoms with E-state index in [1.54, 1.807) is 24.3 Å².